The number of amides is 1. The predicted molar refractivity (Wildman–Crippen MR) is 27.7 cm³/mol. The summed E-state index contributed by atoms with van der Waals surface area (Å²) in [7, 11) is 0. The Morgan fingerprint density at radius 2 is 2.25 bits per heavy atom. The van der Waals surface area contributed by atoms with Gasteiger partial charge in [-0.2, -0.15) is 0 Å². The molecule has 8 heavy (non-hydrogen) atoms. The zero-order chi connectivity index (χ0) is 6.57. The van der Waals surface area contributed by atoms with Crippen molar-refractivity contribution in [3.05, 3.63) is 0 Å². The number of ether oxygens (including phenoxy) is 1. The molecule has 0 aliphatic rings. The summed E-state index contributed by atoms with van der Waals surface area (Å²) in [6.45, 7) is 0.0862. The van der Waals surface area contributed by atoms with Crippen LogP contribution in [0.3, 0.4) is 0 Å². The maximum Gasteiger partial charge on any atom is 0.406 e. The largest absolute Gasteiger partial charge is 0.429 e. The van der Waals surface area contributed by atoms with Gasteiger partial charge in [0, 0.05) is 6.54 Å². The van der Waals surface area contributed by atoms with Crippen LogP contribution >= 0.6 is 0 Å². The van der Waals surface area contributed by atoms with Gasteiger partial charge in [-0.25, -0.2) is 4.79 Å². The van der Waals surface area contributed by atoms with E-state index in [0.717, 1.165) is 0 Å². The molecule has 0 heterocycles. The van der Waals surface area contributed by atoms with E-state index in [1.165, 1.54) is 0 Å². The molecule has 0 spiro atoms. The lowest BCUT2D eigenvalue weighted by Gasteiger charge is -2.05. The normalized spacial score (nSPS) is 12.8. The lowest BCUT2D eigenvalue weighted by molar-refractivity contribution is 0.114. The van der Waals surface area contributed by atoms with E-state index in [-0.39, 0.29) is 6.54 Å². The third-order valence-corrected chi connectivity index (χ3v) is 0.500. The minimum atomic E-state index is -0.900. The molecule has 0 aliphatic heterocycles. The van der Waals surface area contributed by atoms with Crippen LogP contribution in [0, 0.1) is 0 Å². The van der Waals surface area contributed by atoms with Gasteiger partial charge in [0.15, 0.2) is 6.23 Å². The van der Waals surface area contributed by atoms with E-state index in [9.17, 15) is 4.79 Å². The second kappa shape index (κ2) is 3.23. The van der Waals surface area contributed by atoms with E-state index >= 15 is 0 Å². The quantitative estimate of drug-likeness (QED) is 0.378. The van der Waals surface area contributed by atoms with Crippen LogP contribution in [-0.2, 0) is 4.74 Å². The molecule has 0 saturated carbocycles. The lowest BCUT2D eigenvalue weighted by Crippen LogP contribution is -2.36. The lowest BCUT2D eigenvalue weighted by atomic mass is 10.6. The molecule has 1 unspecified atom stereocenters. The first-order valence-corrected chi connectivity index (χ1v) is 2.08. The summed E-state index contributed by atoms with van der Waals surface area (Å²) >= 11 is 0. The maximum absolute atomic E-state index is 9.83. The fourth-order valence-electron chi connectivity index (χ4n) is 0.197. The molecule has 0 bridgehead atoms. The van der Waals surface area contributed by atoms with Crippen molar-refractivity contribution in [2.45, 2.75) is 6.23 Å². The molecule has 0 aromatic heterocycles. The number of nitrogens with two attached hydrogens (primary N) is 3. The molecule has 0 fully saturated rings. The van der Waals surface area contributed by atoms with Crippen molar-refractivity contribution in [1.82, 2.24) is 0 Å². The molecule has 5 heteroatoms. The highest BCUT2D eigenvalue weighted by Crippen LogP contribution is 1.75. The highest BCUT2D eigenvalue weighted by molar-refractivity contribution is 5.64. The topological polar surface area (TPSA) is 104 Å². The van der Waals surface area contributed by atoms with E-state index in [1.807, 2.05) is 0 Å². The summed E-state index contributed by atoms with van der Waals surface area (Å²) in [5.74, 6) is 0. The Morgan fingerprint density at radius 1 is 1.75 bits per heavy atom. The fourth-order valence-corrected chi connectivity index (χ4v) is 0.197. The Balaban J connectivity index is 3.24. The first kappa shape index (κ1) is 7.19. The second-order valence-corrected chi connectivity index (χ2v) is 1.21. The minimum absolute atomic E-state index is 0.0862. The average Bonchev–Trinajstić information content (AvgIpc) is 1.65. The van der Waals surface area contributed by atoms with E-state index in [1.54, 1.807) is 0 Å². The Morgan fingerprint density at radius 3 is 2.38 bits per heavy atom. The van der Waals surface area contributed by atoms with E-state index in [2.05, 4.69) is 10.5 Å². The van der Waals surface area contributed by atoms with Crippen molar-refractivity contribution in [2.24, 2.45) is 17.2 Å². The van der Waals surface area contributed by atoms with Gasteiger partial charge in [-0.1, -0.05) is 0 Å². The first-order chi connectivity index (χ1) is 3.66. The monoisotopic (exact) mass is 119 g/mol. The molecule has 0 aromatic rings. The average molecular weight is 119 g/mol. The highest BCUT2D eigenvalue weighted by Gasteiger charge is 2.00. The summed E-state index contributed by atoms with van der Waals surface area (Å²) in [4.78, 5) is 9.83. The molecule has 6 N–H and O–H groups in total. The van der Waals surface area contributed by atoms with Gasteiger partial charge in [0.1, 0.15) is 0 Å². The third kappa shape index (κ3) is 3.38. The summed E-state index contributed by atoms with van der Waals surface area (Å²) in [5.41, 5.74) is 14.6. The van der Waals surface area contributed by atoms with Gasteiger partial charge in [-0.05, 0) is 0 Å². The van der Waals surface area contributed by atoms with E-state index in [4.69, 9.17) is 11.5 Å². The first-order valence-electron chi connectivity index (χ1n) is 2.08. The zero-order valence-corrected chi connectivity index (χ0v) is 4.33. The van der Waals surface area contributed by atoms with Crippen LogP contribution < -0.4 is 17.2 Å². The number of carbonyl (C=O) groups is 1. The molecule has 0 saturated heterocycles. The maximum atomic E-state index is 9.83. The molecule has 0 aliphatic carbocycles. The smallest absolute Gasteiger partial charge is 0.406 e. The third-order valence-electron chi connectivity index (χ3n) is 0.500. The van der Waals surface area contributed by atoms with Gasteiger partial charge in [0.25, 0.3) is 0 Å². The van der Waals surface area contributed by atoms with E-state index in [0.29, 0.717) is 0 Å². The molecular formula is C3H9N3O2. The molecule has 0 radical (unpaired) electrons. The van der Waals surface area contributed by atoms with Crippen LogP contribution in [0.1, 0.15) is 0 Å². The molecule has 5 nitrogen and oxygen atoms in total. The highest BCUT2D eigenvalue weighted by atomic mass is 16.6. The van der Waals surface area contributed by atoms with Crippen molar-refractivity contribution < 1.29 is 9.53 Å². The summed E-state index contributed by atoms with van der Waals surface area (Å²) in [6.07, 6.45) is -1.67. The van der Waals surface area contributed by atoms with Crippen molar-refractivity contribution >= 4 is 6.09 Å². The van der Waals surface area contributed by atoms with Crippen LogP contribution in [0.5, 0.6) is 0 Å². The van der Waals surface area contributed by atoms with Crippen LogP contribution in [-0.4, -0.2) is 18.9 Å². The van der Waals surface area contributed by atoms with E-state index < -0.39 is 12.3 Å². The van der Waals surface area contributed by atoms with Crippen LogP contribution in [0.15, 0.2) is 0 Å². The van der Waals surface area contributed by atoms with Crippen LogP contribution in [0.2, 0.25) is 0 Å². The summed E-state index contributed by atoms with van der Waals surface area (Å²) in [5, 5.41) is 0. The van der Waals surface area contributed by atoms with Gasteiger partial charge in [-0.15, -0.1) is 0 Å². The Kier molecular flexibility index (Phi) is 2.90. The van der Waals surface area contributed by atoms with Gasteiger partial charge in [-0.3, -0.25) is 5.73 Å². The Bertz CT molecular complexity index is 84.6. The van der Waals surface area contributed by atoms with Gasteiger partial charge in [0.05, 0.1) is 0 Å². The number of rotatable bonds is 2. The minimum Gasteiger partial charge on any atom is -0.429 e. The van der Waals surface area contributed by atoms with Gasteiger partial charge >= 0.3 is 6.09 Å². The SMILES string of the molecule is NCC(N)OC(N)=O. The zero-order valence-electron chi connectivity index (χ0n) is 4.33. The molecule has 1 amide bonds. The summed E-state index contributed by atoms with van der Waals surface area (Å²) in [6, 6.07) is 0. The fraction of sp³-hybridized carbons (Fsp3) is 0.667. The number of primary amides is 1. The van der Waals surface area contributed by atoms with Crippen molar-refractivity contribution in [3.8, 4) is 0 Å². The summed E-state index contributed by atoms with van der Waals surface area (Å²) < 4.78 is 4.19. The van der Waals surface area contributed by atoms with Crippen molar-refractivity contribution in [1.29, 1.82) is 0 Å². The molecule has 0 rings (SSSR count). The number of hydrogen-bond donors (Lipinski definition) is 3. The number of hydrogen-bond acceptors (Lipinski definition) is 4. The van der Waals surface area contributed by atoms with Crippen LogP contribution in [0.4, 0.5) is 4.79 Å². The predicted octanol–water partition coefficient (Wildman–Crippen LogP) is -1.67. The Labute approximate surface area is 46.8 Å². The van der Waals surface area contributed by atoms with Crippen LogP contribution in [0.25, 0.3) is 0 Å². The van der Waals surface area contributed by atoms with Gasteiger partial charge in [0.2, 0.25) is 0 Å². The van der Waals surface area contributed by atoms with Crippen molar-refractivity contribution in [2.75, 3.05) is 6.54 Å². The molecule has 48 valence electrons. The molecule has 0 aromatic carbocycles. The standard InChI is InChI=1S/C3H9N3O2/c4-1-2(5)8-3(6)7/h2H,1,4-5H2,(H2,6,7). The second-order valence-electron chi connectivity index (χ2n) is 1.21. The Hall–Kier alpha value is -0.810. The van der Waals surface area contributed by atoms with Crippen molar-refractivity contribution in [3.63, 3.8) is 0 Å². The number of carbonyl (C=O) groups excluding carboxylic acids is 1. The molecule has 1 atom stereocenters. The molecular weight excluding hydrogens is 110 g/mol. The van der Waals surface area contributed by atoms with Gasteiger partial charge < -0.3 is 16.2 Å².